The van der Waals surface area contributed by atoms with Crippen molar-refractivity contribution in [3.8, 4) is 0 Å². The van der Waals surface area contributed by atoms with E-state index in [1.54, 1.807) is 0 Å². The molecule has 0 heterocycles. The topological polar surface area (TPSA) is 41.1 Å². The number of carbonyl (C=O) groups excluding carboxylic acids is 1. The SMILES string of the molecule is CCCNC1CCCc2cccc(NC=O)c21. The van der Waals surface area contributed by atoms with Crippen LogP contribution in [-0.4, -0.2) is 13.0 Å². The highest BCUT2D eigenvalue weighted by atomic mass is 16.1. The monoisotopic (exact) mass is 232 g/mol. The Morgan fingerprint density at radius 1 is 1.47 bits per heavy atom. The molecule has 0 fully saturated rings. The fourth-order valence-electron chi connectivity index (χ4n) is 2.60. The summed E-state index contributed by atoms with van der Waals surface area (Å²) in [4.78, 5) is 10.6. The van der Waals surface area contributed by atoms with E-state index < -0.39 is 0 Å². The van der Waals surface area contributed by atoms with Gasteiger partial charge in [0.25, 0.3) is 0 Å². The largest absolute Gasteiger partial charge is 0.328 e. The van der Waals surface area contributed by atoms with Gasteiger partial charge < -0.3 is 10.6 Å². The minimum atomic E-state index is 0.391. The summed E-state index contributed by atoms with van der Waals surface area (Å²) in [5.41, 5.74) is 3.63. The minimum absolute atomic E-state index is 0.391. The number of rotatable bonds is 5. The highest BCUT2D eigenvalue weighted by molar-refractivity contribution is 5.74. The molecule has 0 bridgehead atoms. The van der Waals surface area contributed by atoms with Crippen molar-refractivity contribution in [3.05, 3.63) is 29.3 Å². The molecule has 92 valence electrons. The summed E-state index contributed by atoms with van der Waals surface area (Å²) in [6.45, 7) is 3.20. The number of hydrogen-bond donors (Lipinski definition) is 2. The zero-order chi connectivity index (χ0) is 12.1. The second-order valence-corrected chi connectivity index (χ2v) is 4.54. The second-order valence-electron chi connectivity index (χ2n) is 4.54. The van der Waals surface area contributed by atoms with Crippen molar-refractivity contribution >= 4 is 12.1 Å². The Hall–Kier alpha value is -1.35. The first-order valence-electron chi connectivity index (χ1n) is 6.42. The van der Waals surface area contributed by atoms with Crippen molar-refractivity contribution in [1.82, 2.24) is 5.32 Å². The molecule has 1 aliphatic carbocycles. The van der Waals surface area contributed by atoms with Gasteiger partial charge in [0.05, 0.1) is 0 Å². The number of aryl methyl sites for hydroxylation is 1. The van der Waals surface area contributed by atoms with Crippen molar-refractivity contribution in [1.29, 1.82) is 0 Å². The molecular weight excluding hydrogens is 212 g/mol. The highest BCUT2D eigenvalue weighted by Crippen LogP contribution is 2.34. The average molecular weight is 232 g/mol. The number of nitrogens with one attached hydrogen (secondary N) is 2. The van der Waals surface area contributed by atoms with Crippen LogP contribution in [0.4, 0.5) is 5.69 Å². The van der Waals surface area contributed by atoms with E-state index in [2.05, 4.69) is 23.6 Å². The van der Waals surface area contributed by atoms with Gasteiger partial charge >= 0.3 is 0 Å². The van der Waals surface area contributed by atoms with Crippen LogP contribution in [0.5, 0.6) is 0 Å². The lowest BCUT2D eigenvalue weighted by Gasteiger charge is -2.28. The summed E-state index contributed by atoms with van der Waals surface area (Å²) in [7, 11) is 0. The van der Waals surface area contributed by atoms with E-state index in [1.807, 2.05) is 12.1 Å². The molecule has 2 N–H and O–H groups in total. The van der Waals surface area contributed by atoms with Crippen molar-refractivity contribution in [3.63, 3.8) is 0 Å². The minimum Gasteiger partial charge on any atom is -0.328 e. The van der Waals surface area contributed by atoms with Crippen LogP contribution in [0.3, 0.4) is 0 Å². The maximum absolute atomic E-state index is 10.6. The molecule has 1 amide bonds. The fourth-order valence-corrected chi connectivity index (χ4v) is 2.60. The molecule has 0 aromatic heterocycles. The number of benzene rings is 1. The predicted molar refractivity (Wildman–Crippen MR) is 70.1 cm³/mol. The Morgan fingerprint density at radius 3 is 3.12 bits per heavy atom. The molecule has 1 unspecified atom stereocenters. The Morgan fingerprint density at radius 2 is 2.35 bits per heavy atom. The molecule has 1 aliphatic rings. The molecular formula is C14H20N2O. The summed E-state index contributed by atoms with van der Waals surface area (Å²) >= 11 is 0. The van der Waals surface area contributed by atoms with Crippen LogP contribution < -0.4 is 10.6 Å². The molecule has 17 heavy (non-hydrogen) atoms. The van der Waals surface area contributed by atoms with Crippen LogP contribution in [0, 0.1) is 0 Å². The third kappa shape index (κ3) is 2.67. The molecule has 0 radical (unpaired) electrons. The molecule has 0 saturated carbocycles. The molecule has 3 nitrogen and oxygen atoms in total. The number of carbonyl (C=O) groups is 1. The van der Waals surface area contributed by atoms with Gasteiger partial charge in [-0.1, -0.05) is 19.1 Å². The Labute approximate surface area is 103 Å². The number of anilines is 1. The molecule has 1 aromatic rings. The van der Waals surface area contributed by atoms with Crippen molar-refractivity contribution in [2.75, 3.05) is 11.9 Å². The first kappa shape index (κ1) is 12.1. The quantitative estimate of drug-likeness (QED) is 0.766. The van der Waals surface area contributed by atoms with Gasteiger partial charge in [-0.3, -0.25) is 4.79 Å². The summed E-state index contributed by atoms with van der Waals surface area (Å²) in [6, 6.07) is 6.57. The smallest absolute Gasteiger partial charge is 0.211 e. The fraction of sp³-hybridized carbons (Fsp3) is 0.500. The highest BCUT2D eigenvalue weighted by Gasteiger charge is 2.22. The number of hydrogen-bond acceptors (Lipinski definition) is 2. The third-order valence-electron chi connectivity index (χ3n) is 3.34. The van der Waals surface area contributed by atoms with Gasteiger partial charge in [-0.2, -0.15) is 0 Å². The van der Waals surface area contributed by atoms with E-state index >= 15 is 0 Å². The third-order valence-corrected chi connectivity index (χ3v) is 3.34. The summed E-state index contributed by atoms with van der Waals surface area (Å²) < 4.78 is 0. The lowest BCUT2D eigenvalue weighted by molar-refractivity contribution is -0.105. The summed E-state index contributed by atoms with van der Waals surface area (Å²) in [6.07, 6.45) is 5.40. The lowest BCUT2D eigenvalue weighted by atomic mass is 9.86. The number of fused-ring (bicyclic) bond motifs is 1. The standard InChI is InChI=1S/C14H20N2O/c1-2-9-15-12-7-3-5-11-6-4-8-13(14(11)12)16-10-17/h4,6,8,10,12,15H,2-3,5,7,9H2,1H3,(H,16,17). The van der Waals surface area contributed by atoms with Gasteiger partial charge in [-0.15, -0.1) is 0 Å². The van der Waals surface area contributed by atoms with E-state index in [0.717, 1.165) is 37.9 Å². The van der Waals surface area contributed by atoms with E-state index in [9.17, 15) is 4.79 Å². The second kappa shape index (κ2) is 5.82. The van der Waals surface area contributed by atoms with E-state index in [4.69, 9.17) is 0 Å². The van der Waals surface area contributed by atoms with E-state index in [1.165, 1.54) is 17.5 Å². The lowest BCUT2D eigenvalue weighted by Crippen LogP contribution is -2.26. The summed E-state index contributed by atoms with van der Waals surface area (Å²) in [5, 5.41) is 6.39. The summed E-state index contributed by atoms with van der Waals surface area (Å²) in [5.74, 6) is 0. The average Bonchev–Trinajstić information content (AvgIpc) is 2.37. The molecule has 0 aliphatic heterocycles. The molecule has 0 saturated heterocycles. The van der Waals surface area contributed by atoms with Crippen LogP contribution in [0.15, 0.2) is 18.2 Å². The van der Waals surface area contributed by atoms with Crippen molar-refractivity contribution < 1.29 is 4.79 Å². The van der Waals surface area contributed by atoms with Crippen LogP contribution in [-0.2, 0) is 11.2 Å². The van der Waals surface area contributed by atoms with E-state index in [-0.39, 0.29) is 0 Å². The maximum atomic E-state index is 10.6. The van der Waals surface area contributed by atoms with Gasteiger partial charge in [-0.25, -0.2) is 0 Å². The van der Waals surface area contributed by atoms with Gasteiger partial charge in [0.15, 0.2) is 0 Å². The Kier molecular flexibility index (Phi) is 4.15. The predicted octanol–water partition coefficient (Wildman–Crippen LogP) is 2.63. The van der Waals surface area contributed by atoms with Gasteiger partial charge in [-0.05, 0) is 49.4 Å². The Balaban J connectivity index is 2.29. The zero-order valence-corrected chi connectivity index (χ0v) is 10.3. The molecule has 0 spiro atoms. The maximum Gasteiger partial charge on any atom is 0.211 e. The van der Waals surface area contributed by atoms with Crippen LogP contribution in [0.2, 0.25) is 0 Å². The first-order chi connectivity index (χ1) is 8.36. The molecule has 1 atom stereocenters. The van der Waals surface area contributed by atoms with Crippen LogP contribution in [0.1, 0.15) is 43.4 Å². The van der Waals surface area contributed by atoms with Crippen molar-refractivity contribution in [2.45, 2.75) is 38.6 Å². The zero-order valence-electron chi connectivity index (χ0n) is 10.3. The van der Waals surface area contributed by atoms with E-state index in [0.29, 0.717) is 6.04 Å². The van der Waals surface area contributed by atoms with Crippen LogP contribution >= 0.6 is 0 Å². The molecule has 2 rings (SSSR count). The van der Waals surface area contributed by atoms with Crippen molar-refractivity contribution in [2.24, 2.45) is 0 Å². The first-order valence-corrected chi connectivity index (χ1v) is 6.42. The van der Waals surface area contributed by atoms with Crippen LogP contribution in [0.25, 0.3) is 0 Å². The van der Waals surface area contributed by atoms with Gasteiger partial charge in [0.1, 0.15) is 0 Å². The number of amides is 1. The van der Waals surface area contributed by atoms with Gasteiger partial charge in [0, 0.05) is 11.7 Å². The molecule has 3 heteroatoms. The Bertz CT molecular complexity index is 390. The molecule has 1 aromatic carbocycles. The van der Waals surface area contributed by atoms with Gasteiger partial charge in [0.2, 0.25) is 6.41 Å². The normalized spacial score (nSPS) is 18.5.